The number of amides is 2. The Morgan fingerprint density at radius 1 is 0.909 bits per heavy atom. The first kappa shape index (κ1) is 31.3. The van der Waals surface area contributed by atoms with Gasteiger partial charge in [0.05, 0.1) is 17.0 Å². The van der Waals surface area contributed by atoms with Gasteiger partial charge in [-0.05, 0) is 113 Å². The van der Waals surface area contributed by atoms with E-state index >= 15 is 0 Å². The van der Waals surface area contributed by atoms with Gasteiger partial charge in [0.1, 0.15) is 17.0 Å². The van der Waals surface area contributed by atoms with Crippen LogP contribution in [0.4, 0.5) is 9.18 Å². The van der Waals surface area contributed by atoms with E-state index in [4.69, 9.17) is 22.1 Å². The molecule has 2 N–H and O–H groups in total. The Balaban J connectivity index is 1.25. The number of nitrogens with two attached hydrogens (primary N) is 1. The lowest BCUT2D eigenvalue weighted by molar-refractivity contribution is -0.134. The molecule has 3 heterocycles. The van der Waals surface area contributed by atoms with Crippen LogP contribution < -0.4 is 5.73 Å². The van der Waals surface area contributed by atoms with Gasteiger partial charge in [0.2, 0.25) is 15.9 Å². The smallest absolute Gasteiger partial charge is 0.410 e. The van der Waals surface area contributed by atoms with Crippen molar-refractivity contribution in [3.63, 3.8) is 0 Å². The number of likely N-dealkylation sites (tertiary alicyclic amines) is 2. The van der Waals surface area contributed by atoms with Crippen LogP contribution in [0.3, 0.4) is 0 Å². The molecule has 2 amide bonds. The summed E-state index contributed by atoms with van der Waals surface area (Å²) in [7, 11) is -4.09. The molecule has 1 aliphatic carbocycles. The normalized spacial score (nSPS) is 25.7. The zero-order valence-electron chi connectivity index (χ0n) is 24.8. The highest BCUT2D eigenvalue weighted by Gasteiger charge is 2.60. The van der Waals surface area contributed by atoms with E-state index in [2.05, 4.69) is 4.90 Å². The topological polar surface area (TPSA) is 113 Å². The summed E-state index contributed by atoms with van der Waals surface area (Å²) in [6.07, 6.45) is 6.32. The number of hydrogen-bond donors (Lipinski definition) is 1. The van der Waals surface area contributed by atoms with Gasteiger partial charge >= 0.3 is 6.09 Å². The van der Waals surface area contributed by atoms with Crippen LogP contribution >= 0.6 is 11.6 Å². The minimum absolute atomic E-state index is 0.0777. The molecule has 3 saturated heterocycles. The lowest BCUT2D eigenvalue weighted by Crippen LogP contribution is -2.64. The molecule has 4 aliphatic rings. The van der Waals surface area contributed by atoms with Gasteiger partial charge < -0.3 is 15.4 Å². The van der Waals surface area contributed by atoms with Crippen molar-refractivity contribution in [1.82, 2.24) is 14.1 Å². The van der Waals surface area contributed by atoms with E-state index in [1.54, 1.807) is 17.0 Å². The van der Waals surface area contributed by atoms with Crippen molar-refractivity contribution in [2.24, 2.45) is 5.73 Å². The van der Waals surface area contributed by atoms with Gasteiger partial charge in [0.15, 0.2) is 0 Å². The molecule has 2 aromatic carbocycles. The second kappa shape index (κ2) is 12.2. The van der Waals surface area contributed by atoms with Crippen molar-refractivity contribution < 1.29 is 27.1 Å². The summed E-state index contributed by atoms with van der Waals surface area (Å²) < 4.78 is 50.7. The van der Waals surface area contributed by atoms with Gasteiger partial charge in [-0.15, -0.1) is 0 Å². The minimum atomic E-state index is -4.09. The third-order valence-corrected chi connectivity index (χ3v) is 12.3. The molecule has 1 saturated carbocycles. The summed E-state index contributed by atoms with van der Waals surface area (Å²) >= 11 is 6.07. The first-order valence-corrected chi connectivity index (χ1v) is 17.5. The SMILES string of the molecule is NC(=O)C1(N2CCCCC2)CCN(C(=O)OC2([C@H]3CCC[C@@H](c4cccc(F)c4)N3S(=O)(=O)c3ccc(Cl)cc3)CC2)CC1. The predicted molar refractivity (Wildman–Crippen MR) is 164 cm³/mol. The van der Waals surface area contributed by atoms with E-state index < -0.39 is 45.2 Å². The molecule has 12 heteroatoms. The van der Waals surface area contributed by atoms with Crippen LogP contribution in [-0.4, -0.2) is 77.9 Å². The van der Waals surface area contributed by atoms with Crippen LogP contribution in [0.15, 0.2) is 53.4 Å². The average Bonchev–Trinajstić information content (AvgIpc) is 3.81. The predicted octanol–water partition coefficient (Wildman–Crippen LogP) is 5.24. The van der Waals surface area contributed by atoms with E-state index in [9.17, 15) is 22.4 Å². The fourth-order valence-electron chi connectivity index (χ4n) is 7.53. The van der Waals surface area contributed by atoms with Gasteiger partial charge in [-0.2, -0.15) is 4.31 Å². The molecule has 0 aromatic heterocycles. The van der Waals surface area contributed by atoms with Crippen LogP contribution in [0.1, 0.15) is 75.8 Å². The number of halogens is 2. The van der Waals surface area contributed by atoms with Crippen LogP contribution in [0.5, 0.6) is 0 Å². The first-order valence-electron chi connectivity index (χ1n) is 15.6. The number of hydrogen-bond acceptors (Lipinski definition) is 6. The summed E-state index contributed by atoms with van der Waals surface area (Å²) in [5.41, 5.74) is 4.74. The number of primary amides is 1. The Morgan fingerprint density at radius 3 is 2.20 bits per heavy atom. The van der Waals surface area contributed by atoms with Gasteiger partial charge in [-0.25, -0.2) is 17.6 Å². The number of piperidine rings is 3. The van der Waals surface area contributed by atoms with Crippen LogP contribution in [-0.2, 0) is 19.6 Å². The summed E-state index contributed by atoms with van der Waals surface area (Å²) in [5, 5.41) is 0.413. The molecule has 2 atom stereocenters. The Kier molecular flexibility index (Phi) is 8.69. The molecule has 2 aromatic rings. The highest BCUT2D eigenvalue weighted by Crippen LogP contribution is 2.53. The molecule has 238 valence electrons. The molecule has 3 aliphatic heterocycles. The van der Waals surface area contributed by atoms with Crippen molar-refractivity contribution in [2.45, 2.75) is 92.3 Å². The maximum Gasteiger partial charge on any atom is 0.410 e. The van der Waals surface area contributed by atoms with Gasteiger partial charge in [0, 0.05) is 18.1 Å². The number of rotatable bonds is 7. The molecular weight excluding hydrogens is 607 g/mol. The largest absolute Gasteiger partial charge is 0.441 e. The van der Waals surface area contributed by atoms with Crippen LogP contribution in [0.2, 0.25) is 5.02 Å². The second-order valence-corrected chi connectivity index (χ2v) is 14.9. The maximum absolute atomic E-state index is 14.4. The standard InChI is InChI=1S/C32H40ClFN4O5S/c33-24-10-12-26(13-11-24)44(41,42)38-27(23-6-4-7-25(34)22-23)8-5-9-28(38)32(14-15-32)43-30(40)36-20-16-31(17-21-36,29(35)39)37-18-2-1-3-19-37/h4,6-7,10-13,22,27-28H,1-3,5,8-9,14-21H2,(H2,35,39)/t27-,28+/m0/s1. The molecule has 0 unspecified atom stereocenters. The third-order valence-electron chi connectivity index (χ3n) is 10.1. The number of benzene rings is 2. The second-order valence-electron chi connectivity index (χ2n) is 12.7. The lowest BCUT2D eigenvalue weighted by atomic mass is 9.83. The third kappa shape index (κ3) is 5.84. The highest BCUT2D eigenvalue weighted by atomic mass is 35.5. The molecular formula is C32H40ClFN4O5S. The monoisotopic (exact) mass is 646 g/mol. The highest BCUT2D eigenvalue weighted by molar-refractivity contribution is 7.89. The Hall–Kier alpha value is -2.73. The number of carbonyl (C=O) groups excluding carboxylic acids is 2. The number of ether oxygens (including phenoxy) is 1. The lowest BCUT2D eigenvalue weighted by Gasteiger charge is -2.48. The molecule has 4 fully saturated rings. The van der Waals surface area contributed by atoms with Gasteiger partial charge in [-0.3, -0.25) is 9.69 Å². The zero-order chi connectivity index (χ0) is 31.1. The van der Waals surface area contributed by atoms with Crippen molar-refractivity contribution in [1.29, 1.82) is 0 Å². The van der Waals surface area contributed by atoms with Gasteiger partial charge in [0.25, 0.3) is 0 Å². The van der Waals surface area contributed by atoms with E-state index in [0.717, 1.165) is 32.4 Å². The fraction of sp³-hybridized carbons (Fsp3) is 0.562. The zero-order valence-corrected chi connectivity index (χ0v) is 26.4. The molecule has 6 rings (SSSR count). The summed E-state index contributed by atoms with van der Waals surface area (Å²) in [6.45, 7) is 2.31. The summed E-state index contributed by atoms with van der Waals surface area (Å²) in [5.74, 6) is -0.789. The fourth-order valence-corrected chi connectivity index (χ4v) is 9.57. The number of carbonyl (C=O) groups is 2. The van der Waals surface area contributed by atoms with Crippen molar-refractivity contribution in [2.75, 3.05) is 26.2 Å². The molecule has 44 heavy (non-hydrogen) atoms. The molecule has 0 radical (unpaired) electrons. The van der Waals surface area contributed by atoms with Crippen molar-refractivity contribution in [3.8, 4) is 0 Å². The van der Waals surface area contributed by atoms with Crippen LogP contribution in [0, 0.1) is 5.82 Å². The number of sulfonamides is 1. The Bertz CT molecular complexity index is 1490. The quantitative estimate of drug-likeness (QED) is 0.440. The minimum Gasteiger partial charge on any atom is -0.441 e. The van der Waals surface area contributed by atoms with Crippen LogP contribution in [0.25, 0.3) is 0 Å². The molecule has 0 spiro atoms. The number of nitrogens with zero attached hydrogens (tertiary/aromatic N) is 3. The van der Waals surface area contributed by atoms with E-state index in [0.29, 0.717) is 68.6 Å². The molecule has 9 nitrogen and oxygen atoms in total. The average molecular weight is 647 g/mol. The van der Waals surface area contributed by atoms with Crippen molar-refractivity contribution in [3.05, 3.63) is 64.9 Å². The van der Waals surface area contributed by atoms with E-state index in [-0.39, 0.29) is 10.8 Å². The Labute approximate surface area is 263 Å². The van der Waals surface area contributed by atoms with E-state index in [1.165, 1.54) is 40.7 Å². The Morgan fingerprint density at radius 2 is 1.59 bits per heavy atom. The van der Waals surface area contributed by atoms with Crippen molar-refractivity contribution >= 4 is 33.6 Å². The first-order chi connectivity index (χ1) is 21.1. The maximum atomic E-state index is 14.4. The van der Waals surface area contributed by atoms with Gasteiger partial charge in [-0.1, -0.05) is 30.2 Å². The summed E-state index contributed by atoms with van der Waals surface area (Å²) in [6, 6.07) is 10.8. The van der Waals surface area contributed by atoms with E-state index in [1.807, 2.05) is 0 Å². The summed E-state index contributed by atoms with van der Waals surface area (Å²) in [4.78, 5) is 30.2. The molecule has 0 bridgehead atoms.